The number of nitrogens with zero attached hydrogens (tertiary/aromatic N) is 3. The summed E-state index contributed by atoms with van der Waals surface area (Å²) < 4.78 is 3.70. The predicted molar refractivity (Wildman–Crippen MR) is 104 cm³/mol. The van der Waals surface area contributed by atoms with Gasteiger partial charge in [0.15, 0.2) is 4.80 Å². The molecule has 1 aromatic carbocycles. The lowest BCUT2D eigenvalue weighted by molar-refractivity contribution is 0.569. The average Bonchev–Trinajstić information content (AvgIpc) is 3.17. The molecule has 0 unspecified atom stereocenters. The molecule has 0 aliphatic carbocycles. The summed E-state index contributed by atoms with van der Waals surface area (Å²) in [6, 6.07) is 12.3. The van der Waals surface area contributed by atoms with Crippen LogP contribution in [-0.4, -0.2) is 11.2 Å². The van der Waals surface area contributed by atoms with Gasteiger partial charge < -0.3 is 4.90 Å². The number of rotatable bonds is 2. The Labute approximate surface area is 154 Å². The minimum absolute atomic E-state index is 0.0392. The third kappa shape index (κ3) is 3.00. The summed E-state index contributed by atoms with van der Waals surface area (Å²) >= 11 is 5.39. The van der Waals surface area contributed by atoms with E-state index in [1.807, 2.05) is 23.6 Å². The highest BCUT2D eigenvalue weighted by Gasteiger charge is 2.15. The van der Waals surface area contributed by atoms with E-state index >= 15 is 0 Å². The van der Waals surface area contributed by atoms with Gasteiger partial charge in [0.05, 0.1) is 4.53 Å². The molecule has 1 aliphatic heterocycles. The molecule has 2 aromatic heterocycles. The first-order valence-electron chi connectivity index (χ1n) is 7.00. The number of aromatic nitrogens is 1. The number of halogens is 1. The second-order valence-electron chi connectivity index (χ2n) is 5.10. The predicted octanol–water partition coefficient (Wildman–Crippen LogP) is 2.46. The molecule has 0 atom stereocenters. The Morgan fingerprint density at radius 1 is 1.22 bits per heavy atom. The smallest absolute Gasteiger partial charge is 0.271 e. The molecular weight excluding hydrogens is 441 g/mol. The first-order valence-corrected chi connectivity index (χ1v) is 9.78. The van der Waals surface area contributed by atoms with Crippen LogP contribution in [0.4, 0.5) is 5.69 Å². The quantitative estimate of drug-likeness (QED) is 0.560. The summed E-state index contributed by atoms with van der Waals surface area (Å²) in [5, 5.41) is 2.01. The van der Waals surface area contributed by atoms with Crippen LogP contribution in [0, 0.1) is 3.57 Å². The Hall–Kier alpha value is -1.45. The van der Waals surface area contributed by atoms with Gasteiger partial charge in [0.25, 0.3) is 5.56 Å². The SMILES string of the molecule is O=c1/c(=C/c2cccs2)sc2n1CN(c1ccc(I)cc1)CN=2. The summed E-state index contributed by atoms with van der Waals surface area (Å²) in [7, 11) is 0. The van der Waals surface area contributed by atoms with Crippen molar-refractivity contribution in [2.45, 2.75) is 6.67 Å². The van der Waals surface area contributed by atoms with E-state index in [4.69, 9.17) is 0 Å². The maximum atomic E-state index is 12.6. The van der Waals surface area contributed by atoms with Crippen LogP contribution in [0.15, 0.2) is 51.6 Å². The third-order valence-corrected chi connectivity index (χ3v) is 6.17. The number of thiophene rings is 1. The molecule has 0 N–H and O–H groups in total. The van der Waals surface area contributed by atoms with Gasteiger partial charge in [-0.3, -0.25) is 9.36 Å². The van der Waals surface area contributed by atoms with Gasteiger partial charge in [-0.15, -0.1) is 11.3 Å². The first kappa shape index (κ1) is 15.1. The van der Waals surface area contributed by atoms with Crippen LogP contribution in [0.3, 0.4) is 0 Å². The molecule has 7 heteroatoms. The average molecular weight is 453 g/mol. The van der Waals surface area contributed by atoms with Crippen molar-refractivity contribution in [2.24, 2.45) is 4.99 Å². The van der Waals surface area contributed by atoms with Crippen LogP contribution >= 0.6 is 45.3 Å². The lowest BCUT2D eigenvalue weighted by Gasteiger charge is -2.25. The molecule has 0 saturated heterocycles. The molecule has 116 valence electrons. The fraction of sp³-hybridized carbons (Fsp3) is 0.125. The molecule has 4 nitrogen and oxygen atoms in total. The number of thiazole rings is 1. The summed E-state index contributed by atoms with van der Waals surface area (Å²) in [6.45, 7) is 1.13. The largest absolute Gasteiger partial charge is 0.334 e. The molecule has 0 bridgehead atoms. The molecular formula is C16H12IN3OS2. The Morgan fingerprint density at radius 3 is 2.78 bits per heavy atom. The summed E-state index contributed by atoms with van der Waals surface area (Å²) in [4.78, 5) is 21.2. The van der Waals surface area contributed by atoms with Crippen molar-refractivity contribution >= 4 is 57.0 Å². The summed E-state index contributed by atoms with van der Waals surface area (Å²) in [5.41, 5.74) is 1.12. The standard InChI is InChI=1S/C16H12IN3OS2/c17-11-3-5-12(6-4-11)19-9-18-16-20(10-19)15(21)14(23-16)8-13-2-1-7-22-13/h1-8H,9-10H2/b14-8-. The van der Waals surface area contributed by atoms with E-state index in [2.05, 4.69) is 56.7 Å². The van der Waals surface area contributed by atoms with Gasteiger partial charge in [0.1, 0.15) is 13.3 Å². The van der Waals surface area contributed by atoms with Crippen molar-refractivity contribution < 1.29 is 0 Å². The number of hydrogen-bond donors (Lipinski definition) is 0. The zero-order chi connectivity index (χ0) is 15.8. The van der Waals surface area contributed by atoms with Gasteiger partial charge in [0.2, 0.25) is 0 Å². The highest BCUT2D eigenvalue weighted by atomic mass is 127. The van der Waals surface area contributed by atoms with E-state index in [0.717, 1.165) is 19.9 Å². The fourth-order valence-electron chi connectivity index (χ4n) is 2.43. The monoisotopic (exact) mass is 453 g/mol. The van der Waals surface area contributed by atoms with Gasteiger partial charge in [-0.05, 0) is 64.4 Å². The zero-order valence-corrected chi connectivity index (χ0v) is 15.8. The van der Waals surface area contributed by atoms with E-state index in [0.29, 0.717) is 13.3 Å². The van der Waals surface area contributed by atoms with Gasteiger partial charge in [-0.25, -0.2) is 4.99 Å². The molecule has 4 rings (SSSR count). The normalized spacial score (nSPS) is 14.7. The van der Waals surface area contributed by atoms with Crippen LogP contribution in [-0.2, 0) is 6.67 Å². The van der Waals surface area contributed by atoms with E-state index in [9.17, 15) is 4.79 Å². The lowest BCUT2D eigenvalue weighted by atomic mass is 10.3. The number of hydrogen-bond acceptors (Lipinski definition) is 5. The molecule has 0 amide bonds. The Bertz CT molecular complexity index is 1000. The second kappa shape index (κ2) is 6.21. The molecule has 23 heavy (non-hydrogen) atoms. The molecule has 3 aromatic rings. The molecule has 3 heterocycles. The van der Waals surface area contributed by atoms with Crippen molar-refractivity contribution in [1.82, 2.24) is 4.57 Å². The van der Waals surface area contributed by atoms with Gasteiger partial charge >= 0.3 is 0 Å². The van der Waals surface area contributed by atoms with E-state index < -0.39 is 0 Å². The molecule has 0 saturated carbocycles. The van der Waals surface area contributed by atoms with Crippen molar-refractivity contribution in [3.05, 3.63) is 69.9 Å². The fourth-order valence-corrected chi connectivity index (χ4v) is 4.47. The van der Waals surface area contributed by atoms with Crippen molar-refractivity contribution in [3.63, 3.8) is 0 Å². The van der Waals surface area contributed by atoms with Crippen LogP contribution in [0.1, 0.15) is 4.88 Å². The van der Waals surface area contributed by atoms with Gasteiger partial charge in [-0.1, -0.05) is 17.4 Å². The maximum absolute atomic E-state index is 12.6. The lowest BCUT2D eigenvalue weighted by Crippen LogP contribution is -2.42. The first-order chi connectivity index (χ1) is 11.2. The summed E-state index contributed by atoms with van der Waals surface area (Å²) in [5.74, 6) is 0. The molecule has 1 aliphatic rings. The van der Waals surface area contributed by atoms with Crippen LogP contribution in [0.2, 0.25) is 0 Å². The topological polar surface area (TPSA) is 37.6 Å². The van der Waals surface area contributed by atoms with E-state index in [1.54, 1.807) is 15.9 Å². The minimum Gasteiger partial charge on any atom is -0.334 e. The Kier molecular flexibility index (Phi) is 4.08. The zero-order valence-electron chi connectivity index (χ0n) is 12.0. The maximum Gasteiger partial charge on any atom is 0.271 e. The molecule has 0 fully saturated rings. The highest BCUT2D eigenvalue weighted by Crippen LogP contribution is 2.17. The third-order valence-electron chi connectivity index (χ3n) is 3.59. The Morgan fingerprint density at radius 2 is 2.04 bits per heavy atom. The van der Waals surface area contributed by atoms with Crippen molar-refractivity contribution in [1.29, 1.82) is 0 Å². The van der Waals surface area contributed by atoms with E-state index in [-0.39, 0.29) is 5.56 Å². The van der Waals surface area contributed by atoms with Crippen LogP contribution in [0.25, 0.3) is 6.08 Å². The number of fused-ring (bicyclic) bond motifs is 1. The van der Waals surface area contributed by atoms with E-state index in [1.165, 1.54) is 14.9 Å². The molecule has 0 radical (unpaired) electrons. The molecule has 0 spiro atoms. The summed E-state index contributed by atoms with van der Waals surface area (Å²) in [6.07, 6.45) is 1.95. The Balaban J connectivity index is 1.72. The van der Waals surface area contributed by atoms with Crippen LogP contribution in [0.5, 0.6) is 0 Å². The van der Waals surface area contributed by atoms with Crippen LogP contribution < -0.4 is 19.8 Å². The second-order valence-corrected chi connectivity index (χ2v) is 8.33. The number of anilines is 1. The van der Waals surface area contributed by atoms with Gasteiger partial charge in [0, 0.05) is 14.1 Å². The highest BCUT2D eigenvalue weighted by molar-refractivity contribution is 14.1. The van der Waals surface area contributed by atoms with Crippen molar-refractivity contribution in [3.8, 4) is 0 Å². The minimum atomic E-state index is 0.0392. The van der Waals surface area contributed by atoms with Gasteiger partial charge in [-0.2, -0.15) is 0 Å². The number of benzene rings is 1. The van der Waals surface area contributed by atoms with Crippen molar-refractivity contribution in [2.75, 3.05) is 11.6 Å².